The molecule has 0 bridgehead atoms. The molecule has 3 aromatic heterocycles. The van der Waals surface area contributed by atoms with Gasteiger partial charge in [-0.05, 0) is 48.7 Å². The Bertz CT molecular complexity index is 1170. The number of nitrogens with one attached hydrogen (secondary N) is 1. The zero-order valence-electron chi connectivity index (χ0n) is 15.7. The zero-order chi connectivity index (χ0) is 20.5. The summed E-state index contributed by atoms with van der Waals surface area (Å²) in [5.74, 6) is 5.20. The maximum atomic E-state index is 12.7. The standard InChI is InChI=1S/C20H20N4O3S/c1-4-24-17(21)15(19(26)22-3)16(25)14-6-5-13(23-18(14)24)7-9-20(2,27)12-8-10-28-11-12/h5-6,8,10-11,27H,4,21H2,1-3H3,(H,22,26). The van der Waals surface area contributed by atoms with Crippen LogP contribution in [0.1, 0.15) is 35.5 Å². The maximum absolute atomic E-state index is 12.7. The molecule has 0 aliphatic rings. The van der Waals surface area contributed by atoms with Gasteiger partial charge >= 0.3 is 0 Å². The molecule has 0 aromatic carbocycles. The van der Waals surface area contributed by atoms with Crippen LogP contribution in [0.4, 0.5) is 5.82 Å². The van der Waals surface area contributed by atoms with Crippen molar-refractivity contribution >= 4 is 34.1 Å². The van der Waals surface area contributed by atoms with Crippen molar-refractivity contribution in [3.63, 3.8) is 0 Å². The van der Waals surface area contributed by atoms with Gasteiger partial charge in [0.2, 0.25) is 5.43 Å². The lowest BCUT2D eigenvalue weighted by atomic mass is 10.00. The predicted molar refractivity (Wildman–Crippen MR) is 110 cm³/mol. The van der Waals surface area contributed by atoms with Crippen LogP contribution in [0, 0.1) is 11.8 Å². The molecule has 0 aliphatic heterocycles. The Morgan fingerprint density at radius 2 is 2.18 bits per heavy atom. The van der Waals surface area contributed by atoms with E-state index in [1.54, 1.807) is 23.6 Å². The van der Waals surface area contributed by atoms with Crippen LogP contribution < -0.4 is 16.5 Å². The number of carbonyl (C=O) groups is 1. The van der Waals surface area contributed by atoms with E-state index in [0.29, 0.717) is 23.4 Å². The summed E-state index contributed by atoms with van der Waals surface area (Å²) in [4.78, 5) is 29.3. The summed E-state index contributed by atoms with van der Waals surface area (Å²) in [6.07, 6.45) is 0. The maximum Gasteiger partial charge on any atom is 0.258 e. The van der Waals surface area contributed by atoms with Gasteiger partial charge in [0, 0.05) is 19.2 Å². The van der Waals surface area contributed by atoms with Crippen molar-refractivity contribution in [3.8, 4) is 11.8 Å². The molecule has 8 heteroatoms. The summed E-state index contributed by atoms with van der Waals surface area (Å²) in [6, 6.07) is 4.97. The first-order valence-corrected chi connectivity index (χ1v) is 9.57. The molecular weight excluding hydrogens is 376 g/mol. The minimum absolute atomic E-state index is 0.0576. The van der Waals surface area contributed by atoms with Gasteiger partial charge in [-0.2, -0.15) is 11.3 Å². The quantitative estimate of drug-likeness (QED) is 0.584. The Hall–Kier alpha value is -3.15. The number of rotatable bonds is 3. The van der Waals surface area contributed by atoms with Crippen molar-refractivity contribution < 1.29 is 9.90 Å². The molecule has 7 nitrogen and oxygen atoms in total. The van der Waals surface area contributed by atoms with Crippen LogP contribution in [0.5, 0.6) is 0 Å². The van der Waals surface area contributed by atoms with Crippen LogP contribution in [0.3, 0.4) is 0 Å². The van der Waals surface area contributed by atoms with E-state index < -0.39 is 16.9 Å². The fourth-order valence-corrected chi connectivity index (χ4v) is 3.62. The molecule has 0 saturated heterocycles. The average Bonchev–Trinajstić information content (AvgIpc) is 3.22. The second kappa shape index (κ2) is 7.46. The Balaban J connectivity index is 2.17. The minimum Gasteiger partial charge on any atom is -0.384 e. The van der Waals surface area contributed by atoms with E-state index in [2.05, 4.69) is 22.1 Å². The third kappa shape index (κ3) is 3.38. The molecule has 1 amide bonds. The molecule has 144 valence electrons. The number of fused-ring (bicyclic) bond motifs is 1. The molecular formula is C20H20N4O3S. The fraction of sp³-hybridized carbons (Fsp3) is 0.250. The highest BCUT2D eigenvalue weighted by Gasteiger charge is 2.22. The van der Waals surface area contributed by atoms with Crippen molar-refractivity contribution in [1.29, 1.82) is 0 Å². The zero-order valence-corrected chi connectivity index (χ0v) is 16.6. The van der Waals surface area contributed by atoms with Crippen molar-refractivity contribution in [1.82, 2.24) is 14.9 Å². The lowest BCUT2D eigenvalue weighted by Crippen LogP contribution is -2.30. The van der Waals surface area contributed by atoms with E-state index in [9.17, 15) is 14.7 Å². The second-order valence-electron chi connectivity index (χ2n) is 6.31. The molecule has 3 heterocycles. The highest BCUT2D eigenvalue weighted by molar-refractivity contribution is 7.08. The summed E-state index contributed by atoms with van der Waals surface area (Å²) in [5.41, 5.74) is 5.63. The number of nitrogen functional groups attached to an aromatic ring is 1. The van der Waals surface area contributed by atoms with Gasteiger partial charge in [0.25, 0.3) is 5.91 Å². The first-order valence-electron chi connectivity index (χ1n) is 8.63. The van der Waals surface area contributed by atoms with Crippen molar-refractivity contribution in [2.24, 2.45) is 0 Å². The summed E-state index contributed by atoms with van der Waals surface area (Å²) in [5, 5.41) is 17.0. The predicted octanol–water partition coefficient (Wildman–Crippen LogP) is 1.68. The van der Waals surface area contributed by atoms with E-state index in [1.165, 1.54) is 18.4 Å². The molecule has 0 spiro atoms. The third-order valence-electron chi connectivity index (χ3n) is 4.44. The smallest absolute Gasteiger partial charge is 0.258 e. The lowest BCUT2D eigenvalue weighted by Gasteiger charge is -2.15. The fourth-order valence-electron chi connectivity index (χ4n) is 2.86. The normalized spacial score (nSPS) is 12.9. The van der Waals surface area contributed by atoms with Gasteiger partial charge < -0.3 is 20.7 Å². The number of nitrogens with two attached hydrogens (primary N) is 1. The lowest BCUT2D eigenvalue weighted by molar-refractivity contribution is 0.0962. The number of aryl methyl sites for hydroxylation is 1. The largest absolute Gasteiger partial charge is 0.384 e. The van der Waals surface area contributed by atoms with Gasteiger partial charge in [-0.1, -0.05) is 5.92 Å². The summed E-state index contributed by atoms with van der Waals surface area (Å²) >= 11 is 1.48. The van der Waals surface area contributed by atoms with Gasteiger partial charge in [0.05, 0.1) is 5.39 Å². The van der Waals surface area contributed by atoms with E-state index in [0.717, 1.165) is 0 Å². The van der Waals surface area contributed by atoms with Crippen molar-refractivity contribution in [2.75, 3.05) is 12.8 Å². The Labute approximate surface area is 165 Å². The van der Waals surface area contributed by atoms with E-state index in [4.69, 9.17) is 5.73 Å². The van der Waals surface area contributed by atoms with Crippen LogP contribution in [-0.2, 0) is 12.1 Å². The van der Waals surface area contributed by atoms with Gasteiger partial charge in [-0.15, -0.1) is 0 Å². The molecule has 3 rings (SSSR count). The monoisotopic (exact) mass is 396 g/mol. The first-order chi connectivity index (χ1) is 13.3. The number of amides is 1. The van der Waals surface area contributed by atoms with Crippen molar-refractivity contribution in [2.45, 2.75) is 26.0 Å². The van der Waals surface area contributed by atoms with Crippen LogP contribution >= 0.6 is 11.3 Å². The molecule has 0 aliphatic carbocycles. The second-order valence-corrected chi connectivity index (χ2v) is 7.09. The number of pyridine rings is 2. The number of aromatic nitrogens is 2. The molecule has 1 atom stereocenters. The summed E-state index contributed by atoms with van der Waals surface area (Å²) < 4.78 is 1.60. The highest BCUT2D eigenvalue weighted by atomic mass is 32.1. The number of hydrogen-bond acceptors (Lipinski definition) is 6. The van der Waals surface area contributed by atoms with Crippen molar-refractivity contribution in [3.05, 3.63) is 56.0 Å². The van der Waals surface area contributed by atoms with Crippen LogP contribution in [0.15, 0.2) is 33.8 Å². The molecule has 0 saturated carbocycles. The van der Waals surface area contributed by atoms with E-state index >= 15 is 0 Å². The molecule has 0 radical (unpaired) electrons. The van der Waals surface area contributed by atoms with Crippen LogP contribution in [0.2, 0.25) is 0 Å². The molecule has 1 unspecified atom stereocenters. The Morgan fingerprint density at radius 3 is 2.79 bits per heavy atom. The highest BCUT2D eigenvalue weighted by Crippen LogP contribution is 2.22. The average molecular weight is 396 g/mol. The number of hydrogen-bond donors (Lipinski definition) is 3. The van der Waals surface area contributed by atoms with Gasteiger partial charge in [-0.3, -0.25) is 9.59 Å². The molecule has 28 heavy (non-hydrogen) atoms. The van der Waals surface area contributed by atoms with E-state index in [1.807, 2.05) is 23.8 Å². The molecule has 3 aromatic rings. The number of anilines is 1. The summed E-state index contributed by atoms with van der Waals surface area (Å²) in [7, 11) is 1.44. The first kappa shape index (κ1) is 19.6. The number of carbonyl (C=O) groups excluding carboxylic acids is 1. The van der Waals surface area contributed by atoms with Gasteiger partial charge in [0.15, 0.2) is 0 Å². The summed E-state index contributed by atoms with van der Waals surface area (Å²) in [6.45, 7) is 3.87. The van der Waals surface area contributed by atoms with Crippen LogP contribution in [-0.4, -0.2) is 27.6 Å². The Morgan fingerprint density at radius 1 is 1.43 bits per heavy atom. The number of nitrogens with zero attached hydrogens (tertiary/aromatic N) is 2. The van der Waals surface area contributed by atoms with Gasteiger partial charge in [-0.25, -0.2) is 4.98 Å². The van der Waals surface area contributed by atoms with Crippen LogP contribution in [0.25, 0.3) is 11.0 Å². The van der Waals surface area contributed by atoms with E-state index in [-0.39, 0.29) is 16.8 Å². The van der Waals surface area contributed by atoms with Gasteiger partial charge in [0.1, 0.15) is 28.3 Å². The topological polar surface area (TPSA) is 110 Å². The molecule has 4 N–H and O–H groups in total. The Kier molecular flexibility index (Phi) is 5.23. The SMILES string of the molecule is CCn1c(N)c(C(=O)NC)c(=O)c2ccc(C#CC(C)(O)c3ccsc3)nc21. The number of thiophene rings is 1. The molecule has 0 fully saturated rings. The third-order valence-corrected chi connectivity index (χ3v) is 5.12. The minimum atomic E-state index is -1.32. The number of aliphatic hydroxyl groups is 1.